The van der Waals surface area contributed by atoms with Crippen LogP contribution in [0.15, 0.2) is 18.2 Å². The molecule has 0 radical (unpaired) electrons. The molecule has 0 spiro atoms. The van der Waals surface area contributed by atoms with Crippen molar-refractivity contribution in [2.75, 3.05) is 20.6 Å². The summed E-state index contributed by atoms with van der Waals surface area (Å²) in [5.41, 5.74) is 3.74. The van der Waals surface area contributed by atoms with E-state index in [2.05, 4.69) is 46.1 Å². The lowest BCUT2D eigenvalue weighted by Gasteiger charge is -2.30. The van der Waals surface area contributed by atoms with Crippen LogP contribution in [0.4, 0.5) is 0 Å². The Labute approximate surface area is 104 Å². The molecule has 0 aromatic heterocycles. The number of carbonyl (C=O) groups excluding carboxylic acids is 1. The third-order valence-electron chi connectivity index (χ3n) is 4.05. The molecule has 1 aliphatic rings. The number of ketones is 1. The average Bonchev–Trinajstić information content (AvgIpc) is 2.41. The van der Waals surface area contributed by atoms with Gasteiger partial charge in [0.15, 0.2) is 6.04 Å². The van der Waals surface area contributed by atoms with Crippen LogP contribution in [0.1, 0.15) is 29.7 Å². The molecule has 2 nitrogen and oxygen atoms in total. The van der Waals surface area contributed by atoms with E-state index in [1.165, 1.54) is 16.7 Å². The Balaban J connectivity index is 2.45. The van der Waals surface area contributed by atoms with Crippen LogP contribution in [-0.2, 0) is 4.79 Å². The normalized spacial score (nSPS) is 27.5. The van der Waals surface area contributed by atoms with E-state index >= 15 is 0 Å². The maximum atomic E-state index is 12.3. The van der Waals surface area contributed by atoms with Gasteiger partial charge in [0.1, 0.15) is 0 Å². The number of hydrogen-bond acceptors (Lipinski definition) is 1. The lowest BCUT2D eigenvalue weighted by molar-refractivity contribution is -0.904. The Hall–Kier alpha value is -1.15. The first kappa shape index (κ1) is 12.3. The van der Waals surface area contributed by atoms with Gasteiger partial charge in [0.25, 0.3) is 0 Å². The third-order valence-corrected chi connectivity index (χ3v) is 4.05. The van der Waals surface area contributed by atoms with Crippen LogP contribution >= 0.6 is 0 Å². The van der Waals surface area contributed by atoms with E-state index in [1.54, 1.807) is 0 Å². The van der Waals surface area contributed by atoms with Crippen LogP contribution in [0.3, 0.4) is 0 Å². The number of nitrogens with zero attached hydrogens (tertiary/aromatic N) is 1. The Bertz CT molecular complexity index is 462. The number of Topliss-reactive ketones (excluding diaryl/α,β-unsaturated/α-hetero) is 1. The number of hydrogen-bond donors (Lipinski definition) is 0. The van der Waals surface area contributed by atoms with Crippen molar-refractivity contribution in [3.63, 3.8) is 0 Å². The SMILES string of the molecule is Cc1ccc(C2C(=O)C(C)C[N+]2(C)C)cc1C. The van der Waals surface area contributed by atoms with Crippen molar-refractivity contribution >= 4 is 5.78 Å². The van der Waals surface area contributed by atoms with Crippen LogP contribution < -0.4 is 0 Å². The van der Waals surface area contributed by atoms with Gasteiger partial charge in [-0.05, 0) is 38.0 Å². The van der Waals surface area contributed by atoms with Crippen molar-refractivity contribution in [2.45, 2.75) is 26.8 Å². The van der Waals surface area contributed by atoms with E-state index in [-0.39, 0.29) is 12.0 Å². The fourth-order valence-corrected chi connectivity index (χ4v) is 3.02. The lowest BCUT2D eigenvalue weighted by atomic mass is 9.96. The van der Waals surface area contributed by atoms with Crippen LogP contribution in [0.25, 0.3) is 0 Å². The topological polar surface area (TPSA) is 17.1 Å². The van der Waals surface area contributed by atoms with Gasteiger partial charge in [0, 0.05) is 5.56 Å². The molecule has 1 aliphatic heterocycles. The first-order valence-corrected chi connectivity index (χ1v) is 6.26. The molecule has 1 saturated heterocycles. The van der Waals surface area contributed by atoms with E-state index in [0.717, 1.165) is 11.0 Å². The van der Waals surface area contributed by atoms with Gasteiger partial charge in [-0.3, -0.25) is 4.79 Å². The first-order chi connectivity index (χ1) is 7.83. The van der Waals surface area contributed by atoms with Crippen LogP contribution in [0.5, 0.6) is 0 Å². The van der Waals surface area contributed by atoms with E-state index in [9.17, 15) is 4.79 Å². The molecule has 2 heteroatoms. The number of likely N-dealkylation sites (tertiary alicyclic amines) is 1. The van der Waals surface area contributed by atoms with E-state index in [4.69, 9.17) is 0 Å². The minimum atomic E-state index is 0.0179. The van der Waals surface area contributed by atoms with Crippen LogP contribution in [0.2, 0.25) is 0 Å². The molecule has 1 aromatic rings. The predicted octanol–water partition coefficient (Wildman–Crippen LogP) is 2.64. The van der Waals surface area contributed by atoms with E-state index in [0.29, 0.717) is 5.78 Å². The first-order valence-electron chi connectivity index (χ1n) is 6.26. The molecule has 2 rings (SSSR count). The largest absolute Gasteiger partial charge is 0.315 e. The van der Waals surface area contributed by atoms with Gasteiger partial charge in [-0.25, -0.2) is 0 Å². The number of quaternary nitrogens is 1. The molecule has 92 valence electrons. The number of likely N-dealkylation sites (N-methyl/N-ethyl adjacent to an activating group) is 1. The second-order valence-corrected chi connectivity index (χ2v) is 6.01. The molecule has 1 fully saturated rings. The number of benzene rings is 1. The monoisotopic (exact) mass is 232 g/mol. The fourth-order valence-electron chi connectivity index (χ4n) is 3.02. The highest BCUT2D eigenvalue weighted by Crippen LogP contribution is 2.36. The summed E-state index contributed by atoms with van der Waals surface area (Å²) in [5, 5.41) is 0. The summed E-state index contributed by atoms with van der Waals surface area (Å²) in [6.07, 6.45) is 0. The molecule has 2 atom stereocenters. The van der Waals surface area contributed by atoms with Crippen molar-refractivity contribution in [1.82, 2.24) is 0 Å². The second kappa shape index (κ2) is 3.95. The van der Waals surface area contributed by atoms with Gasteiger partial charge in [0.05, 0.1) is 26.6 Å². The third kappa shape index (κ3) is 2.02. The molecule has 1 heterocycles. The highest BCUT2D eigenvalue weighted by atomic mass is 16.1. The summed E-state index contributed by atoms with van der Waals surface area (Å²) in [7, 11) is 4.31. The van der Waals surface area contributed by atoms with Gasteiger partial charge >= 0.3 is 0 Å². The minimum absolute atomic E-state index is 0.0179. The summed E-state index contributed by atoms with van der Waals surface area (Å²) in [5.74, 6) is 0.565. The molecular formula is C15H22NO+. The maximum absolute atomic E-state index is 12.3. The molecular weight excluding hydrogens is 210 g/mol. The molecule has 17 heavy (non-hydrogen) atoms. The summed E-state index contributed by atoms with van der Waals surface area (Å²) < 4.78 is 0.780. The van der Waals surface area contributed by atoms with Crippen molar-refractivity contribution in [3.05, 3.63) is 34.9 Å². The molecule has 0 bridgehead atoms. The zero-order chi connectivity index (χ0) is 12.8. The second-order valence-electron chi connectivity index (χ2n) is 6.01. The average molecular weight is 232 g/mol. The summed E-state index contributed by atoms with van der Waals surface area (Å²) in [6.45, 7) is 7.21. The Kier molecular flexibility index (Phi) is 2.86. The number of carbonyl (C=O) groups is 1. The highest BCUT2D eigenvalue weighted by Gasteiger charge is 2.47. The Morgan fingerprint density at radius 1 is 1.18 bits per heavy atom. The van der Waals surface area contributed by atoms with Crippen molar-refractivity contribution in [3.8, 4) is 0 Å². The highest BCUT2D eigenvalue weighted by molar-refractivity contribution is 5.87. The molecule has 0 N–H and O–H groups in total. The zero-order valence-electron chi connectivity index (χ0n) is 11.4. The van der Waals surface area contributed by atoms with E-state index in [1.807, 2.05) is 6.92 Å². The van der Waals surface area contributed by atoms with Crippen molar-refractivity contribution in [1.29, 1.82) is 0 Å². The zero-order valence-corrected chi connectivity index (χ0v) is 11.4. The van der Waals surface area contributed by atoms with Crippen molar-refractivity contribution in [2.24, 2.45) is 5.92 Å². The fraction of sp³-hybridized carbons (Fsp3) is 0.533. The minimum Gasteiger partial charge on any atom is -0.315 e. The molecule has 0 amide bonds. The standard InChI is InChI=1S/C15H22NO/c1-10-6-7-13(8-11(10)2)14-15(17)12(3)9-16(14,4)5/h6-8,12,14H,9H2,1-5H3/q+1. The number of rotatable bonds is 1. The van der Waals surface area contributed by atoms with Gasteiger partial charge in [-0.1, -0.05) is 12.1 Å². The van der Waals surface area contributed by atoms with E-state index < -0.39 is 0 Å². The summed E-state index contributed by atoms with van der Waals surface area (Å²) in [6, 6.07) is 6.43. The van der Waals surface area contributed by atoms with Crippen LogP contribution in [-0.4, -0.2) is 30.9 Å². The summed E-state index contributed by atoms with van der Waals surface area (Å²) >= 11 is 0. The smallest absolute Gasteiger partial charge is 0.203 e. The number of aryl methyl sites for hydroxylation is 2. The Morgan fingerprint density at radius 3 is 2.29 bits per heavy atom. The summed E-state index contributed by atoms with van der Waals surface area (Å²) in [4.78, 5) is 12.3. The van der Waals surface area contributed by atoms with Gasteiger partial charge < -0.3 is 4.48 Å². The molecule has 1 aromatic carbocycles. The van der Waals surface area contributed by atoms with Gasteiger partial charge in [-0.15, -0.1) is 0 Å². The Morgan fingerprint density at radius 2 is 1.82 bits per heavy atom. The molecule has 2 unspecified atom stereocenters. The van der Waals surface area contributed by atoms with Crippen LogP contribution in [0, 0.1) is 19.8 Å². The van der Waals surface area contributed by atoms with Gasteiger partial charge in [0.2, 0.25) is 5.78 Å². The lowest BCUT2D eigenvalue weighted by Crippen LogP contribution is -2.40. The van der Waals surface area contributed by atoms with Crippen molar-refractivity contribution < 1.29 is 9.28 Å². The maximum Gasteiger partial charge on any atom is 0.203 e. The quantitative estimate of drug-likeness (QED) is 0.680. The molecule has 0 aliphatic carbocycles. The molecule has 0 saturated carbocycles. The van der Waals surface area contributed by atoms with Gasteiger partial charge in [-0.2, -0.15) is 0 Å². The predicted molar refractivity (Wildman–Crippen MR) is 69.8 cm³/mol.